The van der Waals surface area contributed by atoms with Gasteiger partial charge in [0.25, 0.3) is 0 Å². The van der Waals surface area contributed by atoms with Gasteiger partial charge in [-0.3, -0.25) is 0 Å². The number of fused-ring (bicyclic) bond motifs is 1. The normalized spacial score (nSPS) is 39.9. The lowest BCUT2D eigenvalue weighted by molar-refractivity contribution is 0.530. The molecular weight excluding hydrogens is 192 g/mol. The molecule has 2 nitrogen and oxygen atoms in total. The molecule has 0 bridgehead atoms. The van der Waals surface area contributed by atoms with Crippen molar-refractivity contribution in [3.05, 3.63) is 16.1 Å². The van der Waals surface area contributed by atoms with Crippen LogP contribution >= 0.6 is 11.3 Å². The number of hydrogen-bond donors (Lipinski definition) is 1. The van der Waals surface area contributed by atoms with E-state index in [1.807, 2.05) is 11.3 Å². The third kappa shape index (κ3) is 1.03. The van der Waals surface area contributed by atoms with Crippen LogP contribution < -0.4 is 5.73 Å². The van der Waals surface area contributed by atoms with Gasteiger partial charge >= 0.3 is 0 Å². The second-order valence-corrected chi connectivity index (χ2v) is 5.92. The van der Waals surface area contributed by atoms with Crippen molar-refractivity contribution >= 4 is 11.3 Å². The summed E-state index contributed by atoms with van der Waals surface area (Å²) in [6, 6.07) is 0. The molecule has 76 valence electrons. The maximum atomic E-state index is 5.59. The Morgan fingerprint density at radius 1 is 1.71 bits per heavy atom. The van der Waals surface area contributed by atoms with E-state index in [0.29, 0.717) is 12.0 Å². The Hall–Kier alpha value is -0.410. The highest BCUT2D eigenvalue weighted by Gasteiger charge is 2.61. The van der Waals surface area contributed by atoms with E-state index in [9.17, 15) is 0 Å². The first kappa shape index (κ1) is 8.86. The quantitative estimate of drug-likeness (QED) is 0.810. The van der Waals surface area contributed by atoms with Gasteiger partial charge in [-0.25, -0.2) is 4.98 Å². The first-order valence-corrected chi connectivity index (χ1v) is 6.23. The molecule has 1 aromatic heterocycles. The molecule has 0 spiro atoms. The molecule has 0 aromatic carbocycles. The van der Waals surface area contributed by atoms with E-state index in [1.165, 1.54) is 24.1 Å². The second kappa shape index (κ2) is 2.80. The lowest BCUT2D eigenvalue weighted by atomic mass is 10.0. The van der Waals surface area contributed by atoms with Crippen LogP contribution in [0.25, 0.3) is 0 Å². The third-order valence-electron chi connectivity index (χ3n) is 4.09. The first-order chi connectivity index (χ1) is 6.76. The molecule has 2 N–H and O–H groups in total. The largest absolute Gasteiger partial charge is 0.325 e. The average Bonchev–Trinajstić information content (AvgIpc) is 2.60. The molecule has 2 fully saturated rings. The fraction of sp³-hybridized carbons (Fsp3) is 0.727. The zero-order valence-electron chi connectivity index (χ0n) is 8.49. The molecule has 2 aliphatic carbocycles. The Balaban J connectivity index is 1.90. The van der Waals surface area contributed by atoms with Crippen molar-refractivity contribution in [2.24, 2.45) is 17.6 Å². The number of rotatable bonds is 2. The van der Waals surface area contributed by atoms with Crippen molar-refractivity contribution in [3.63, 3.8) is 0 Å². The Bertz CT molecular complexity index is 360. The molecule has 0 radical (unpaired) electrons. The number of nitrogens with zero attached hydrogens (tertiary/aromatic N) is 1. The van der Waals surface area contributed by atoms with E-state index in [-0.39, 0.29) is 0 Å². The highest BCUT2D eigenvalue weighted by molar-refractivity contribution is 7.11. The minimum absolute atomic E-state index is 0.546. The van der Waals surface area contributed by atoms with Gasteiger partial charge in [0, 0.05) is 23.0 Å². The summed E-state index contributed by atoms with van der Waals surface area (Å²) in [6.07, 6.45) is 6.26. The maximum absolute atomic E-state index is 5.59. The van der Waals surface area contributed by atoms with Crippen LogP contribution in [0.4, 0.5) is 0 Å². The summed E-state index contributed by atoms with van der Waals surface area (Å²) in [5.41, 5.74) is 6.14. The fourth-order valence-electron chi connectivity index (χ4n) is 3.09. The monoisotopic (exact) mass is 208 g/mol. The van der Waals surface area contributed by atoms with Crippen LogP contribution in [-0.4, -0.2) is 4.98 Å². The predicted molar refractivity (Wildman–Crippen MR) is 58.2 cm³/mol. The van der Waals surface area contributed by atoms with E-state index in [0.717, 1.165) is 16.8 Å². The molecule has 1 aromatic rings. The van der Waals surface area contributed by atoms with E-state index >= 15 is 0 Å². The Morgan fingerprint density at radius 2 is 2.57 bits per heavy atom. The molecule has 0 amide bonds. The third-order valence-corrected chi connectivity index (χ3v) is 5.32. The molecule has 14 heavy (non-hydrogen) atoms. The van der Waals surface area contributed by atoms with Crippen LogP contribution in [0.3, 0.4) is 0 Å². The summed E-state index contributed by atoms with van der Waals surface area (Å²) in [6.45, 7) is 2.99. The van der Waals surface area contributed by atoms with Crippen LogP contribution in [0.2, 0.25) is 0 Å². The summed E-state index contributed by atoms with van der Waals surface area (Å²) in [7, 11) is 0. The van der Waals surface area contributed by atoms with Gasteiger partial charge in [0.15, 0.2) is 0 Å². The molecule has 3 heteroatoms. The molecule has 0 unspecified atom stereocenters. The molecular formula is C11H16N2S. The van der Waals surface area contributed by atoms with Crippen LogP contribution in [0.15, 0.2) is 6.20 Å². The number of nitrogens with two attached hydrogens (primary N) is 1. The molecule has 1 heterocycles. The smallest absolute Gasteiger partial charge is 0.106 e. The summed E-state index contributed by atoms with van der Waals surface area (Å²) < 4.78 is 0. The SMILES string of the molecule is C[C@@H]1CC[C@]2(c3cnc(CN)s3)C[C@H]12. The van der Waals surface area contributed by atoms with Crippen LogP contribution in [0, 0.1) is 11.8 Å². The van der Waals surface area contributed by atoms with Gasteiger partial charge in [0.1, 0.15) is 5.01 Å². The first-order valence-electron chi connectivity index (χ1n) is 5.41. The summed E-state index contributed by atoms with van der Waals surface area (Å²) in [5.74, 6) is 1.88. The van der Waals surface area contributed by atoms with Gasteiger partial charge in [-0.2, -0.15) is 0 Å². The average molecular weight is 208 g/mol. The van der Waals surface area contributed by atoms with Gasteiger partial charge in [0.2, 0.25) is 0 Å². The van der Waals surface area contributed by atoms with Crippen LogP contribution in [0.5, 0.6) is 0 Å². The lowest BCUT2D eigenvalue weighted by Crippen LogP contribution is -2.01. The minimum Gasteiger partial charge on any atom is -0.325 e. The molecule has 0 aliphatic heterocycles. The van der Waals surface area contributed by atoms with Crippen LogP contribution in [0.1, 0.15) is 36.1 Å². The van der Waals surface area contributed by atoms with Gasteiger partial charge < -0.3 is 5.73 Å². The highest BCUT2D eigenvalue weighted by atomic mass is 32.1. The van der Waals surface area contributed by atoms with Gasteiger partial charge in [-0.15, -0.1) is 11.3 Å². The molecule has 3 atom stereocenters. The standard InChI is InChI=1S/C11H16N2S/c1-7-2-3-11(4-8(7)11)9-6-13-10(5-12)14-9/h6-8H,2-5,12H2,1H3/t7-,8-,11+/m1/s1. The fourth-order valence-corrected chi connectivity index (χ4v) is 4.18. The van der Waals surface area contributed by atoms with E-state index < -0.39 is 0 Å². The molecule has 0 saturated heterocycles. The number of hydrogen-bond acceptors (Lipinski definition) is 3. The lowest BCUT2D eigenvalue weighted by Gasteiger charge is -2.06. The van der Waals surface area contributed by atoms with Crippen molar-refractivity contribution in [3.8, 4) is 0 Å². The molecule has 2 saturated carbocycles. The predicted octanol–water partition coefficient (Wildman–Crippen LogP) is 2.29. The Kier molecular flexibility index (Phi) is 1.77. The zero-order chi connectivity index (χ0) is 9.76. The van der Waals surface area contributed by atoms with Gasteiger partial charge in [0.05, 0.1) is 0 Å². The van der Waals surface area contributed by atoms with Crippen molar-refractivity contribution in [2.75, 3.05) is 0 Å². The Labute approximate surface area is 88.5 Å². The van der Waals surface area contributed by atoms with Crippen molar-refractivity contribution in [1.29, 1.82) is 0 Å². The van der Waals surface area contributed by atoms with Crippen molar-refractivity contribution in [2.45, 2.75) is 38.1 Å². The Morgan fingerprint density at radius 3 is 3.07 bits per heavy atom. The summed E-state index contributed by atoms with van der Waals surface area (Å²) in [5, 5.41) is 1.10. The van der Waals surface area contributed by atoms with Gasteiger partial charge in [-0.1, -0.05) is 6.92 Å². The van der Waals surface area contributed by atoms with Crippen LogP contribution in [-0.2, 0) is 12.0 Å². The van der Waals surface area contributed by atoms with E-state index in [4.69, 9.17) is 5.73 Å². The van der Waals surface area contributed by atoms with E-state index in [1.54, 1.807) is 0 Å². The summed E-state index contributed by atoms with van der Waals surface area (Å²) >= 11 is 1.84. The van der Waals surface area contributed by atoms with Crippen molar-refractivity contribution < 1.29 is 0 Å². The topological polar surface area (TPSA) is 38.9 Å². The number of thiazole rings is 1. The summed E-state index contributed by atoms with van der Waals surface area (Å²) in [4.78, 5) is 5.88. The maximum Gasteiger partial charge on any atom is 0.106 e. The minimum atomic E-state index is 0.546. The van der Waals surface area contributed by atoms with E-state index in [2.05, 4.69) is 18.1 Å². The second-order valence-electron chi connectivity index (χ2n) is 4.81. The zero-order valence-corrected chi connectivity index (χ0v) is 9.31. The molecule has 2 aliphatic rings. The van der Waals surface area contributed by atoms with Gasteiger partial charge in [-0.05, 0) is 31.1 Å². The highest BCUT2D eigenvalue weighted by Crippen LogP contribution is 2.67. The van der Waals surface area contributed by atoms with Crippen molar-refractivity contribution in [1.82, 2.24) is 4.98 Å². The number of aromatic nitrogens is 1. The molecule has 3 rings (SSSR count).